The Morgan fingerprint density at radius 2 is 2.19 bits per heavy atom. The van der Waals surface area contributed by atoms with Crippen molar-refractivity contribution < 1.29 is 9.53 Å². The van der Waals surface area contributed by atoms with E-state index in [0.717, 1.165) is 16.7 Å². The van der Waals surface area contributed by atoms with Gasteiger partial charge in [-0.15, -0.1) is 0 Å². The van der Waals surface area contributed by atoms with E-state index in [1.807, 2.05) is 37.4 Å². The molecule has 1 aromatic carbocycles. The van der Waals surface area contributed by atoms with Gasteiger partial charge in [0.25, 0.3) is 0 Å². The number of carbonyl (C=O) groups is 1. The number of carbonyl (C=O) groups excluding carboxylic acids is 1. The summed E-state index contributed by atoms with van der Waals surface area (Å²) in [5.74, 6) is 0.0281. The average Bonchev–Trinajstić information content (AvgIpc) is 2.89. The number of amides is 1. The van der Waals surface area contributed by atoms with Crippen molar-refractivity contribution in [2.24, 2.45) is 0 Å². The molecule has 0 unspecified atom stereocenters. The third kappa shape index (κ3) is 5.04. The molecule has 0 radical (unpaired) electrons. The Labute approximate surface area is 124 Å². The molecule has 0 saturated heterocycles. The van der Waals surface area contributed by atoms with Crippen molar-refractivity contribution in [1.82, 2.24) is 15.1 Å². The van der Waals surface area contributed by atoms with Crippen LogP contribution in [0.25, 0.3) is 0 Å². The normalized spacial score (nSPS) is 10.6. The van der Waals surface area contributed by atoms with Gasteiger partial charge in [-0.1, -0.05) is 24.3 Å². The Balaban J connectivity index is 1.77. The van der Waals surface area contributed by atoms with Gasteiger partial charge in [-0.2, -0.15) is 5.10 Å². The second-order valence-corrected chi connectivity index (χ2v) is 5.06. The second kappa shape index (κ2) is 7.59. The number of hydrogen-bond donors (Lipinski definition) is 1. The molecule has 1 aromatic heterocycles. The van der Waals surface area contributed by atoms with E-state index in [0.29, 0.717) is 26.1 Å². The number of aryl methyl sites for hydroxylation is 2. The van der Waals surface area contributed by atoms with Gasteiger partial charge in [0.15, 0.2) is 0 Å². The molecule has 5 heteroatoms. The zero-order chi connectivity index (χ0) is 15.1. The fraction of sp³-hybridized carbons (Fsp3) is 0.375. The van der Waals surface area contributed by atoms with Crippen LogP contribution in [-0.4, -0.2) is 22.8 Å². The molecule has 21 heavy (non-hydrogen) atoms. The molecule has 5 nitrogen and oxygen atoms in total. The molecule has 0 atom stereocenters. The van der Waals surface area contributed by atoms with Crippen LogP contribution in [0.1, 0.15) is 23.1 Å². The molecular formula is C16H21N3O2. The van der Waals surface area contributed by atoms with Crippen molar-refractivity contribution in [2.45, 2.75) is 33.0 Å². The molecule has 0 fully saturated rings. The lowest BCUT2D eigenvalue weighted by atomic mass is 10.1. The molecule has 0 saturated carbocycles. The van der Waals surface area contributed by atoms with Crippen LogP contribution in [0.5, 0.6) is 0 Å². The van der Waals surface area contributed by atoms with Crippen LogP contribution in [0.3, 0.4) is 0 Å². The van der Waals surface area contributed by atoms with Gasteiger partial charge in [-0.3, -0.25) is 9.48 Å². The monoisotopic (exact) mass is 287 g/mol. The molecule has 0 bridgehead atoms. The summed E-state index contributed by atoms with van der Waals surface area (Å²) in [6.45, 7) is 3.70. The van der Waals surface area contributed by atoms with Crippen molar-refractivity contribution in [3.8, 4) is 0 Å². The van der Waals surface area contributed by atoms with E-state index in [9.17, 15) is 4.79 Å². The topological polar surface area (TPSA) is 56.1 Å². The van der Waals surface area contributed by atoms with E-state index in [-0.39, 0.29) is 5.91 Å². The molecule has 112 valence electrons. The first-order valence-electron chi connectivity index (χ1n) is 7.00. The van der Waals surface area contributed by atoms with Crippen LogP contribution in [0.4, 0.5) is 0 Å². The number of ether oxygens (including phenoxy) is 1. The zero-order valence-corrected chi connectivity index (χ0v) is 12.5. The van der Waals surface area contributed by atoms with E-state index >= 15 is 0 Å². The highest BCUT2D eigenvalue weighted by atomic mass is 16.5. The van der Waals surface area contributed by atoms with Crippen LogP contribution in [0.2, 0.25) is 0 Å². The molecule has 1 heterocycles. The summed E-state index contributed by atoms with van der Waals surface area (Å²) >= 11 is 0. The van der Waals surface area contributed by atoms with Gasteiger partial charge in [0.05, 0.1) is 12.8 Å². The number of methoxy groups -OCH3 is 1. The molecule has 1 N–H and O–H groups in total. The largest absolute Gasteiger partial charge is 0.380 e. The highest BCUT2D eigenvalue weighted by Crippen LogP contribution is 2.06. The Morgan fingerprint density at radius 3 is 2.90 bits per heavy atom. The number of aromatic nitrogens is 2. The fourth-order valence-corrected chi connectivity index (χ4v) is 2.09. The summed E-state index contributed by atoms with van der Waals surface area (Å²) in [5, 5.41) is 7.09. The van der Waals surface area contributed by atoms with Crippen molar-refractivity contribution in [3.05, 3.63) is 53.3 Å². The van der Waals surface area contributed by atoms with Crippen molar-refractivity contribution >= 4 is 5.91 Å². The highest BCUT2D eigenvalue weighted by molar-refractivity contribution is 5.75. The standard InChI is InChI=1S/C16H21N3O2/c1-13-9-18-19(11-13)7-6-16(20)17-10-14-4-3-5-15(8-14)12-21-2/h3-5,8-9,11H,6-7,10,12H2,1-2H3,(H,17,20). The molecule has 1 amide bonds. The summed E-state index contributed by atoms with van der Waals surface area (Å²) < 4.78 is 6.89. The summed E-state index contributed by atoms with van der Waals surface area (Å²) in [6, 6.07) is 8.02. The van der Waals surface area contributed by atoms with Crippen LogP contribution in [0, 0.1) is 6.92 Å². The lowest BCUT2D eigenvalue weighted by molar-refractivity contribution is -0.121. The first-order chi connectivity index (χ1) is 10.2. The SMILES string of the molecule is COCc1cccc(CNC(=O)CCn2cc(C)cn2)c1. The predicted molar refractivity (Wildman–Crippen MR) is 80.6 cm³/mol. The van der Waals surface area contributed by atoms with Crippen LogP contribution in [0.15, 0.2) is 36.7 Å². The van der Waals surface area contributed by atoms with Crippen LogP contribution < -0.4 is 5.32 Å². The Kier molecular flexibility index (Phi) is 5.51. The van der Waals surface area contributed by atoms with Crippen molar-refractivity contribution in [3.63, 3.8) is 0 Å². The summed E-state index contributed by atoms with van der Waals surface area (Å²) in [5.41, 5.74) is 3.29. The van der Waals surface area contributed by atoms with Gasteiger partial charge in [0.1, 0.15) is 0 Å². The molecule has 2 aromatic rings. The number of nitrogens with one attached hydrogen (secondary N) is 1. The summed E-state index contributed by atoms with van der Waals surface area (Å²) in [4.78, 5) is 11.8. The van der Waals surface area contributed by atoms with Gasteiger partial charge in [0.2, 0.25) is 5.91 Å². The molecule has 2 rings (SSSR count). The molecule has 0 spiro atoms. The highest BCUT2D eigenvalue weighted by Gasteiger charge is 2.03. The maximum atomic E-state index is 11.8. The number of hydrogen-bond acceptors (Lipinski definition) is 3. The lowest BCUT2D eigenvalue weighted by Crippen LogP contribution is -2.24. The Hall–Kier alpha value is -2.14. The minimum absolute atomic E-state index is 0.0281. The van der Waals surface area contributed by atoms with E-state index in [4.69, 9.17) is 4.74 Å². The molecular weight excluding hydrogens is 266 g/mol. The van der Waals surface area contributed by atoms with Gasteiger partial charge in [0, 0.05) is 32.8 Å². The predicted octanol–water partition coefficient (Wildman–Crippen LogP) is 2.04. The lowest BCUT2D eigenvalue weighted by Gasteiger charge is -2.07. The Morgan fingerprint density at radius 1 is 1.38 bits per heavy atom. The summed E-state index contributed by atoms with van der Waals surface area (Å²) in [7, 11) is 1.67. The maximum Gasteiger partial charge on any atom is 0.222 e. The first-order valence-corrected chi connectivity index (χ1v) is 7.00. The third-order valence-electron chi connectivity index (χ3n) is 3.12. The quantitative estimate of drug-likeness (QED) is 0.848. The maximum absolute atomic E-state index is 11.8. The minimum atomic E-state index is 0.0281. The van der Waals surface area contributed by atoms with Crippen LogP contribution in [-0.2, 0) is 29.2 Å². The summed E-state index contributed by atoms with van der Waals surface area (Å²) in [6.07, 6.45) is 4.15. The van der Waals surface area contributed by atoms with Gasteiger partial charge >= 0.3 is 0 Å². The van der Waals surface area contributed by atoms with Gasteiger partial charge in [-0.25, -0.2) is 0 Å². The van der Waals surface area contributed by atoms with E-state index in [1.54, 1.807) is 18.0 Å². The van der Waals surface area contributed by atoms with E-state index in [1.165, 1.54) is 0 Å². The van der Waals surface area contributed by atoms with E-state index in [2.05, 4.69) is 10.4 Å². The minimum Gasteiger partial charge on any atom is -0.380 e. The average molecular weight is 287 g/mol. The zero-order valence-electron chi connectivity index (χ0n) is 12.5. The third-order valence-corrected chi connectivity index (χ3v) is 3.12. The van der Waals surface area contributed by atoms with Gasteiger partial charge < -0.3 is 10.1 Å². The van der Waals surface area contributed by atoms with E-state index < -0.39 is 0 Å². The second-order valence-electron chi connectivity index (χ2n) is 5.06. The molecule has 0 aliphatic carbocycles. The number of nitrogens with zero attached hydrogens (tertiary/aromatic N) is 2. The van der Waals surface area contributed by atoms with Crippen LogP contribution >= 0.6 is 0 Å². The van der Waals surface area contributed by atoms with Crippen molar-refractivity contribution in [1.29, 1.82) is 0 Å². The number of rotatable bonds is 7. The smallest absolute Gasteiger partial charge is 0.222 e. The van der Waals surface area contributed by atoms with Gasteiger partial charge in [-0.05, 0) is 23.6 Å². The molecule has 0 aliphatic heterocycles. The van der Waals surface area contributed by atoms with Crippen molar-refractivity contribution in [2.75, 3.05) is 7.11 Å². The molecule has 0 aliphatic rings. The fourth-order valence-electron chi connectivity index (χ4n) is 2.09. The first kappa shape index (κ1) is 15.3. The number of benzene rings is 1. The Bertz CT molecular complexity index is 593.